The number of rotatable bonds is 5. The number of nitrogens with zero attached hydrogens (tertiary/aromatic N) is 1. The molecule has 0 spiro atoms. The monoisotopic (exact) mass is 293 g/mol. The summed E-state index contributed by atoms with van der Waals surface area (Å²) in [5.41, 5.74) is -0.166. The highest BCUT2D eigenvalue weighted by atomic mass is 19.4. The predicted molar refractivity (Wildman–Crippen MR) is 60.5 cm³/mol. The third kappa shape index (κ3) is 4.09. The Morgan fingerprint density at radius 1 is 1.45 bits per heavy atom. The fourth-order valence-electron chi connectivity index (χ4n) is 1.28. The molecular formula is C10H10F3N3O4. The first-order valence-electron chi connectivity index (χ1n) is 5.23. The quantitative estimate of drug-likeness (QED) is 0.369. The molecule has 0 aliphatic heterocycles. The van der Waals surface area contributed by atoms with Crippen LogP contribution in [-0.4, -0.2) is 17.4 Å². The summed E-state index contributed by atoms with van der Waals surface area (Å²) in [5.74, 6) is 3.89. The van der Waals surface area contributed by atoms with Crippen molar-refractivity contribution in [3.05, 3.63) is 33.9 Å². The van der Waals surface area contributed by atoms with Crippen LogP contribution in [-0.2, 0) is 11.0 Å². The Bertz CT molecular complexity index is 519. The molecule has 0 atom stereocenters. The molecule has 0 saturated heterocycles. The number of nitrogens with one attached hydrogen (secondary N) is 1. The van der Waals surface area contributed by atoms with Crippen molar-refractivity contribution in [2.75, 3.05) is 6.61 Å². The number of nitro groups is 1. The molecule has 0 aliphatic rings. The summed E-state index contributed by atoms with van der Waals surface area (Å²) in [6.45, 7) is -0.255. The third-order valence-corrected chi connectivity index (χ3v) is 2.23. The Hall–Kier alpha value is -2.36. The van der Waals surface area contributed by atoms with Gasteiger partial charge in [-0.25, -0.2) is 5.84 Å². The Balaban J connectivity index is 2.91. The van der Waals surface area contributed by atoms with Crippen LogP contribution >= 0.6 is 0 Å². The van der Waals surface area contributed by atoms with Crippen molar-refractivity contribution >= 4 is 11.6 Å². The van der Waals surface area contributed by atoms with E-state index in [0.717, 1.165) is 6.07 Å². The molecule has 0 aromatic heterocycles. The fraction of sp³-hybridized carbons (Fsp3) is 0.300. The van der Waals surface area contributed by atoms with Crippen LogP contribution < -0.4 is 16.0 Å². The van der Waals surface area contributed by atoms with Gasteiger partial charge in [-0.3, -0.25) is 20.3 Å². The van der Waals surface area contributed by atoms with Crippen molar-refractivity contribution in [1.82, 2.24) is 5.43 Å². The van der Waals surface area contributed by atoms with Gasteiger partial charge in [0, 0.05) is 6.07 Å². The normalized spacial score (nSPS) is 11.0. The number of carbonyl (C=O) groups excluding carboxylic acids is 1. The van der Waals surface area contributed by atoms with E-state index in [1.165, 1.54) is 0 Å². The van der Waals surface area contributed by atoms with Crippen LogP contribution in [0, 0.1) is 10.1 Å². The highest BCUT2D eigenvalue weighted by Gasteiger charge is 2.33. The van der Waals surface area contributed by atoms with Crippen LogP contribution in [0.15, 0.2) is 18.2 Å². The average molecular weight is 293 g/mol. The van der Waals surface area contributed by atoms with Gasteiger partial charge in [-0.15, -0.1) is 0 Å². The minimum absolute atomic E-state index is 0.186. The van der Waals surface area contributed by atoms with Gasteiger partial charge in [-0.1, -0.05) is 0 Å². The molecule has 0 fully saturated rings. The highest BCUT2D eigenvalue weighted by molar-refractivity contribution is 5.75. The Kier molecular flexibility index (Phi) is 4.86. The van der Waals surface area contributed by atoms with Gasteiger partial charge in [0.25, 0.3) is 0 Å². The maximum absolute atomic E-state index is 12.4. The van der Waals surface area contributed by atoms with E-state index in [1.807, 2.05) is 5.43 Å². The van der Waals surface area contributed by atoms with Gasteiger partial charge < -0.3 is 4.74 Å². The number of hydrazine groups is 1. The van der Waals surface area contributed by atoms with Crippen molar-refractivity contribution < 1.29 is 27.6 Å². The number of nitrogens with two attached hydrogens (primary N) is 1. The zero-order valence-corrected chi connectivity index (χ0v) is 9.94. The smallest absolute Gasteiger partial charge is 0.416 e. The van der Waals surface area contributed by atoms with E-state index < -0.39 is 28.3 Å². The van der Waals surface area contributed by atoms with Crippen LogP contribution in [0.3, 0.4) is 0 Å². The van der Waals surface area contributed by atoms with Crippen molar-refractivity contribution in [2.24, 2.45) is 5.84 Å². The molecule has 3 N–H and O–H groups in total. The number of alkyl halides is 3. The third-order valence-electron chi connectivity index (χ3n) is 2.23. The number of hydrogen-bond donors (Lipinski definition) is 2. The number of ether oxygens (including phenoxy) is 1. The summed E-state index contributed by atoms with van der Waals surface area (Å²) in [4.78, 5) is 20.5. The molecule has 20 heavy (non-hydrogen) atoms. The van der Waals surface area contributed by atoms with Gasteiger partial charge in [0.2, 0.25) is 5.91 Å². The maximum atomic E-state index is 12.4. The van der Waals surface area contributed by atoms with E-state index in [-0.39, 0.29) is 18.8 Å². The zero-order chi connectivity index (χ0) is 15.3. The molecule has 0 aliphatic carbocycles. The van der Waals surface area contributed by atoms with Crippen LogP contribution in [0.2, 0.25) is 0 Å². The van der Waals surface area contributed by atoms with E-state index in [2.05, 4.69) is 0 Å². The van der Waals surface area contributed by atoms with Crippen LogP contribution in [0.4, 0.5) is 18.9 Å². The molecule has 0 unspecified atom stereocenters. The largest absolute Gasteiger partial charge is 0.486 e. The summed E-state index contributed by atoms with van der Waals surface area (Å²) in [7, 11) is 0. The molecule has 0 heterocycles. The standard InChI is InChI=1S/C10H10F3N3O4/c11-10(12,13)6-1-2-8(7(5-6)16(18)19)20-4-3-9(17)15-14/h1-2,5H,3-4,14H2,(H,15,17). The van der Waals surface area contributed by atoms with Gasteiger partial charge in [0.1, 0.15) is 0 Å². The topological polar surface area (TPSA) is 107 Å². The van der Waals surface area contributed by atoms with E-state index >= 15 is 0 Å². The molecule has 0 radical (unpaired) electrons. The molecule has 1 amide bonds. The number of amides is 1. The Labute approximate surface area is 110 Å². The van der Waals surface area contributed by atoms with Gasteiger partial charge in [0.05, 0.1) is 23.5 Å². The lowest BCUT2D eigenvalue weighted by Gasteiger charge is -2.09. The Morgan fingerprint density at radius 3 is 2.60 bits per heavy atom. The number of carbonyl (C=O) groups is 1. The molecule has 110 valence electrons. The number of hydrogen-bond acceptors (Lipinski definition) is 5. The minimum atomic E-state index is -4.69. The van der Waals surface area contributed by atoms with Crippen LogP contribution in [0.1, 0.15) is 12.0 Å². The minimum Gasteiger partial charge on any atom is -0.486 e. The SMILES string of the molecule is NNC(=O)CCOc1ccc(C(F)(F)F)cc1[N+](=O)[O-]. The fourth-order valence-corrected chi connectivity index (χ4v) is 1.28. The van der Waals surface area contributed by atoms with Crippen LogP contribution in [0.25, 0.3) is 0 Å². The molecule has 10 heteroatoms. The second kappa shape index (κ2) is 6.19. The first-order chi connectivity index (χ1) is 9.25. The molecule has 1 aromatic carbocycles. The number of benzene rings is 1. The Morgan fingerprint density at radius 2 is 2.10 bits per heavy atom. The van der Waals surface area contributed by atoms with E-state index in [0.29, 0.717) is 12.1 Å². The number of halogens is 3. The van der Waals surface area contributed by atoms with Crippen LogP contribution in [0.5, 0.6) is 5.75 Å². The van der Waals surface area contributed by atoms with E-state index in [1.54, 1.807) is 0 Å². The highest BCUT2D eigenvalue weighted by Crippen LogP contribution is 2.35. The van der Waals surface area contributed by atoms with Gasteiger partial charge in [-0.2, -0.15) is 13.2 Å². The lowest BCUT2D eigenvalue weighted by molar-refractivity contribution is -0.386. The lowest BCUT2D eigenvalue weighted by Crippen LogP contribution is -2.31. The first-order valence-corrected chi connectivity index (χ1v) is 5.23. The average Bonchev–Trinajstić information content (AvgIpc) is 2.37. The first kappa shape index (κ1) is 15.7. The molecule has 0 saturated carbocycles. The summed E-state index contributed by atoms with van der Waals surface area (Å²) < 4.78 is 42.2. The summed E-state index contributed by atoms with van der Waals surface area (Å²) in [6, 6.07) is 1.87. The van der Waals surface area contributed by atoms with Crippen molar-refractivity contribution in [3.8, 4) is 5.75 Å². The summed E-state index contributed by atoms with van der Waals surface area (Å²) >= 11 is 0. The maximum Gasteiger partial charge on any atom is 0.416 e. The number of nitro benzene ring substituents is 1. The van der Waals surface area contributed by atoms with Gasteiger partial charge in [-0.05, 0) is 12.1 Å². The summed E-state index contributed by atoms with van der Waals surface area (Å²) in [5, 5.41) is 10.7. The summed E-state index contributed by atoms with van der Waals surface area (Å²) in [6.07, 6.45) is -4.88. The second-order valence-electron chi connectivity index (χ2n) is 3.60. The molecular weight excluding hydrogens is 283 g/mol. The van der Waals surface area contributed by atoms with E-state index in [4.69, 9.17) is 10.6 Å². The van der Waals surface area contributed by atoms with Gasteiger partial charge in [0.15, 0.2) is 5.75 Å². The zero-order valence-electron chi connectivity index (χ0n) is 9.94. The molecule has 1 rings (SSSR count). The molecule has 7 nitrogen and oxygen atoms in total. The van der Waals surface area contributed by atoms with Crippen molar-refractivity contribution in [3.63, 3.8) is 0 Å². The van der Waals surface area contributed by atoms with Crippen molar-refractivity contribution in [1.29, 1.82) is 0 Å². The predicted octanol–water partition coefficient (Wildman–Crippen LogP) is 1.37. The van der Waals surface area contributed by atoms with Crippen molar-refractivity contribution in [2.45, 2.75) is 12.6 Å². The molecule has 0 bridgehead atoms. The lowest BCUT2D eigenvalue weighted by atomic mass is 10.2. The second-order valence-corrected chi connectivity index (χ2v) is 3.60. The van der Waals surface area contributed by atoms with E-state index in [9.17, 15) is 28.1 Å². The molecule has 1 aromatic rings. The van der Waals surface area contributed by atoms with Gasteiger partial charge >= 0.3 is 11.9 Å².